The van der Waals surface area contributed by atoms with Crippen LogP contribution in [0.5, 0.6) is 0 Å². The number of hydrogen-bond donors (Lipinski definition) is 2. The van der Waals surface area contributed by atoms with E-state index in [1.165, 1.54) is 12.8 Å². The maximum atomic E-state index is 11.6. The molecule has 3 N–H and O–H groups in total. The number of H-pyrrole nitrogens is 1. The summed E-state index contributed by atoms with van der Waals surface area (Å²) in [5.41, 5.74) is 6.18. The molecule has 1 aliphatic carbocycles. The molecule has 0 aliphatic heterocycles. The van der Waals surface area contributed by atoms with Crippen LogP contribution in [0.2, 0.25) is 0 Å². The zero-order valence-electron chi connectivity index (χ0n) is 7.62. The van der Waals surface area contributed by atoms with E-state index in [4.69, 9.17) is 5.73 Å². The molecule has 0 saturated heterocycles. The molecule has 0 aromatic carbocycles. The van der Waals surface area contributed by atoms with Gasteiger partial charge < -0.3 is 10.8 Å². The Balaban J connectivity index is 2.29. The second kappa shape index (κ2) is 3.38. The molecular weight excluding hydrogens is 166 g/mol. The van der Waals surface area contributed by atoms with Crippen molar-refractivity contribution in [3.8, 4) is 0 Å². The maximum Gasteiger partial charge on any atom is 0.271 e. The maximum absolute atomic E-state index is 11.6. The SMILES string of the molecule is NCc1c[nH]n(C2CCCC2)c1=O. The molecule has 0 atom stereocenters. The van der Waals surface area contributed by atoms with Gasteiger partial charge >= 0.3 is 0 Å². The highest BCUT2D eigenvalue weighted by molar-refractivity contribution is 5.04. The number of nitrogens with zero attached hydrogens (tertiary/aromatic N) is 1. The standard InChI is InChI=1S/C9H15N3O/c10-5-7-6-11-12(9(7)13)8-3-1-2-4-8/h6,8,11H,1-5,10H2. The Morgan fingerprint density at radius 2 is 2.23 bits per heavy atom. The second-order valence-electron chi connectivity index (χ2n) is 3.62. The van der Waals surface area contributed by atoms with Gasteiger partial charge in [0.15, 0.2) is 0 Å². The first-order chi connectivity index (χ1) is 6.33. The van der Waals surface area contributed by atoms with Crippen LogP contribution in [-0.4, -0.2) is 9.78 Å². The first-order valence-electron chi connectivity index (χ1n) is 4.82. The van der Waals surface area contributed by atoms with Crippen molar-refractivity contribution in [2.45, 2.75) is 38.3 Å². The number of nitrogens with one attached hydrogen (secondary N) is 1. The zero-order chi connectivity index (χ0) is 9.26. The highest BCUT2D eigenvalue weighted by Crippen LogP contribution is 2.27. The third kappa shape index (κ3) is 1.42. The van der Waals surface area contributed by atoms with Crippen LogP contribution >= 0.6 is 0 Å². The predicted molar refractivity (Wildman–Crippen MR) is 50.4 cm³/mol. The highest BCUT2D eigenvalue weighted by atomic mass is 16.1. The molecule has 1 aliphatic rings. The van der Waals surface area contributed by atoms with E-state index in [-0.39, 0.29) is 5.56 Å². The van der Waals surface area contributed by atoms with Gasteiger partial charge in [-0.05, 0) is 12.8 Å². The fraction of sp³-hybridized carbons (Fsp3) is 0.667. The minimum absolute atomic E-state index is 0.0643. The van der Waals surface area contributed by atoms with Gasteiger partial charge in [-0.15, -0.1) is 0 Å². The average molecular weight is 181 g/mol. The summed E-state index contributed by atoms with van der Waals surface area (Å²) in [5, 5.41) is 2.99. The van der Waals surface area contributed by atoms with Gasteiger partial charge in [-0.1, -0.05) is 12.8 Å². The summed E-state index contributed by atoms with van der Waals surface area (Å²) in [5.74, 6) is 0. The Morgan fingerprint density at radius 1 is 1.54 bits per heavy atom. The Bertz CT molecular complexity index is 333. The quantitative estimate of drug-likeness (QED) is 0.707. The Morgan fingerprint density at radius 3 is 2.77 bits per heavy atom. The fourth-order valence-corrected chi connectivity index (χ4v) is 2.00. The highest BCUT2D eigenvalue weighted by Gasteiger charge is 2.19. The lowest BCUT2D eigenvalue weighted by Crippen LogP contribution is -2.23. The van der Waals surface area contributed by atoms with Gasteiger partial charge in [0, 0.05) is 18.3 Å². The minimum Gasteiger partial charge on any atom is -0.326 e. The molecule has 13 heavy (non-hydrogen) atoms. The van der Waals surface area contributed by atoms with Crippen molar-refractivity contribution in [3.63, 3.8) is 0 Å². The van der Waals surface area contributed by atoms with Crippen LogP contribution in [0, 0.1) is 0 Å². The topological polar surface area (TPSA) is 63.8 Å². The summed E-state index contributed by atoms with van der Waals surface area (Å²) < 4.78 is 1.73. The summed E-state index contributed by atoms with van der Waals surface area (Å²) in [7, 11) is 0. The van der Waals surface area contributed by atoms with Crippen molar-refractivity contribution in [3.05, 3.63) is 22.1 Å². The molecule has 1 fully saturated rings. The minimum atomic E-state index is 0.0643. The molecule has 4 heteroatoms. The number of aromatic nitrogens is 2. The molecule has 0 spiro atoms. The van der Waals surface area contributed by atoms with E-state index in [1.807, 2.05) is 0 Å². The van der Waals surface area contributed by atoms with Gasteiger partial charge in [-0.3, -0.25) is 4.79 Å². The molecule has 0 amide bonds. The van der Waals surface area contributed by atoms with Crippen molar-refractivity contribution in [1.29, 1.82) is 0 Å². The first kappa shape index (κ1) is 8.56. The molecule has 1 heterocycles. The molecule has 72 valence electrons. The lowest BCUT2D eigenvalue weighted by atomic mass is 10.2. The molecular formula is C9H15N3O. The van der Waals surface area contributed by atoms with E-state index >= 15 is 0 Å². The van der Waals surface area contributed by atoms with Crippen LogP contribution in [0.25, 0.3) is 0 Å². The Labute approximate surface area is 76.7 Å². The van der Waals surface area contributed by atoms with E-state index in [1.54, 1.807) is 10.9 Å². The predicted octanol–water partition coefficient (Wildman–Crippen LogP) is 0.750. The van der Waals surface area contributed by atoms with Crippen LogP contribution in [0.3, 0.4) is 0 Å². The summed E-state index contributed by atoms with van der Waals surface area (Å²) >= 11 is 0. The lowest BCUT2D eigenvalue weighted by molar-refractivity contribution is 0.454. The molecule has 2 rings (SSSR count). The van der Waals surface area contributed by atoms with Crippen LogP contribution in [0.4, 0.5) is 0 Å². The van der Waals surface area contributed by atoms with Gasteiger partial charge in [0.2, 0.25) is 0 Å². The molecule has 4 nitrogen and oxygen atoms in total. The molecule has 1 saturated carbocycles. The normalized spacial score (nSPS) is 18.2. The zero-order valence-corrected chi connectivity index (χ0v) is 7.62. The van der Waals surface area contributed by atoms with Gasteiger partial charge in [0.1, 0.15) is 0 Å². The van der Waals surface area contributed by atoms with Crippen molar-refractivity contribution in [2.24, 2.45) is 5.73 Å². The van der Waals surface area contributed by atoms with Gasteiger partial charge in [-0.25, -0.2) is 4.68 Å². The van der Waals surface area contributed by atoms with E-state index in [2.05, 4.69) is 5.10 Å². The average Bonchev–Trinajstić information content (AvgIpc) is 2.72. The summed E-state index contributed by atoms with van der Waals surface area (Å²) in [6.45, 7) is 0.328. The van der Waals surface area contributed by atoms with Gasteiger partial charge in [0.25, 0.3) is 5.56 Å². The van der Waals surface area contributed by atoms with Crippen molar-refractivity contribution < 1.29 is 0 Å². The van der Waals surface area contributed by atoms with Gasteiger partial charge in [0.05, 0.1) is 6.04 Å². The molecule has 0 radical (unpaired) electrons. The van der Waals surface area contributed by atoms with Crippen LogP contribution in [0.1, 0.15) is 37.3 Å². The third-order valence-corrected chi connectivity index (χ3v) is 2.78. The van der Waals surface area contributed by atoms with Crippen molar-refractivity contribution in [2.75, 3.05) is 0 Å². The number of aromatic amines is 1. The summed E-state index contributed by atoms with van der Waals surface area (Å²) in [6, 6.07) is 0.382. The fourth-order valence-electron chi connectivity index (χ4n) is 2.00. The monoisotopic (exact) mass is 181 g/mol. The molecule has 1 aromatic heterocycles. The summed E-state index contributed by atoms with van der Waals surface area (Å²) in [6.07, 6.45) is 6.41. The molecule has 1 aromatic rings. The molecule has 0 unspecified atom stereocenters. The van der Waals surface area contributed by atoms with Crippen LogP contribution in [-0.2, 0) is 6.54 Å². The third-order valence-electron chi connectivity index (χ3n) is 2.78. The van der Waals surface area contributed by atoms with Gasteiger partial charge in [-0.2, -0.15) is 0 Å². The summed E-state index contributed by atoms with van der Waals surface area (Å²) in [4.78, 5) is 11.6. The van der Waals surface area contributed by atoms with E-state index < -0.39 is 0 Å². The van der Waals surface area contributed by atoms with E-state index in [9.17, 15) is 4.79 Å². The number of rotatable bonds is 2. The largest absolute Gasteiger partial charge is 0.326 e. The Hall–Kier alpha value is -1.03. The second-order valence-corrected chi connectivity index (χ2v) is 3.62. The van der Waals surface area contributed by atoms with E-state index in [0.717, 1.165) is 12.8 Å². The van der Waals surface area contributed by atoms with Crippen molar-refractivity contribution in [1.82, 2.24) is 9.78 Å². The van der Waals surface area contributed by atoms with Crippen LogP contribution < -0.4 is 11.3 Å². The van der Waals surface area contributed by atoms with E-state index in [0.29, 0.717) is 18.2 Å². The number of nitrogens with two attached hydrogens (primary N) is 1. The number of hydrogen-bond acceptors (Lipinski definition) is 2. The first-order valence-corrected chi connectivity index (χ1v) is 4.82. The molecule has 0 bridgehead atoms. The Kier molecular flexibility index (Phi) is 2.22. The van der Waals surface area contributed by atoms with Crippen LogP contribution in [0.15, 0.2) is 11.0 Å². The van der Waals surface area contributed by atoms with Crippen molar-refractivity contribution >= 4 is 0 Å². The lowest BCUT2D eigenvalue weighted by Gasteiger charge is -2.08. The smallest absolute Gasteiger partial charge is 0.271 e.